The molecule has 0 atom stereocenters. The Balaban J connectivity index is 0.000000154. The molecule has 2 amide bonds. The molecule has 60 heavy (non-hydrogen) atoms. The molecule has 9 heterocycles. The fourth-order valence-corrected chi connectivity index (χ4v) is 9.02. The zero-order valence-corrected chi connectivity index (χ0v) is 33.7. The number of carbonyl (C=O) groups is 2. The molecule has 8 aromatic rings. The Hall–Kier alpha value is -7.11. The lowest BCUT2D eigenvalue weighted by Crippen LogP contribution is -2.48. The number of nitrogens with one attached hydrogen (secondary N) is 2. The Morgan fingerprint density at radius 2 is 0.950 bits per heavy atom. The molecular weight excluding hydrogens is 799 g/mol. The van der Waals surface area contributed by atoms with Crippen LogP contribution in [0.15, 0.2) is 124 Å². The number of hydrogen-bond donors (Lipinski definition) is 2. The van der Waals surface area contributed by atoms with Gasteiger partial charge >= 0.3 is 0 Å². The van der Waals surface area contributed by atoms with Crippen LogP contribution >= 0.6 is 22.7 Å². The van der Waals surface area contributed by atoms with Gasteiger partial charge in [0.25, 0.3) is 22.9 Å². The lowest BCUT2D eigenvalue weighted by atomic mass is 10.2. The van der Waals surface area contributed by atoms with Gasteiger partial charge in [-0.2, -0.15) is 0 Å². The third-order valence-electron chi connectivity index (χ3n) is 10.4. The standard InChI is InChI=1S/C22H19N5O2S.C21H18N6O2S/c28-21-19-18(24-20(25-21)17-8-4-5-9-23-17)16(14-30-19)22(29)27-12-10-26(11-13-27)15-6-2-1-3-7-15;28-20-18-17(24-19(25-20)16-3-1-2-6-23-16)15(13-30-18)21(29)27-11-9-26(10-12-27)14-4-7-22-8-5-14/h1-9,14H,10-13H2,(H,24,25,28);1-8,13H,9-12H2,(H,24,25,28). The van der Waals surface area contributed by atoms with Gasteiger partial charge in [0.05, 0.1) is 11.1 Å². The van der Waals surface area contributed by atoms with Crippen LogP contribution in [-0.2, 0) is 0 Å². The fourth-order valence-electron chi connectivity index (χ4n) is 7.28. The minimum Gasteiger partial charge on any atom is -0.368 e. The summed E-state index contributed by atoms with van der Waals surface area (Å²) in [5.41, 5.74) is 4.72. The molecule has 2 aliphatic heterocycles. The highest BCUT2D eigenvalue weighted by Crippen LogP contribution is 2.27. The van der Waals surface area contributed by atoms with Gasteiger partial charge in [-0.1, -0.05) is 30.3 Å². The molecule has 2 N–H and O–H groups in total. The molecule has 0 unspecified atom stereocenters. The van der Waals surface area contributed by atoms with Crippen molar-refractivity contribution in [3.8, 4) is 23.0 Å². The number of aromatic amines is 2. The largest absolute Gasteiger partial charge is 0.368 e. The number of fused-ring (bicyclic) bond motifs is 2. The van der Waals surface area contributed by atoms with Crippen molar-refractivity contribution in [1.82, 2.24) is 44.7 Å². The molecule has 0 radical (unpaired) electrons. The number of H-pyrrole nitrogens is 2. The summed E-state index contributed by atoms with van der Waals surface area (Å²) >= 11 is 2.49. The minimum absolute atomic E-state index is 0.0842. The topological polar surface area (TPSA) is 177 Å². The van der Waals surface area contributed by atoms with E-state index in [1.807, 2.05) is 52.3 Å². The second-order valence-corrected chi connectivity index (χ2v) is 15.8. The highest BCUT2D eigenvalue weighted by atomic mass is 32.1. The second-order valence-electron chi connectivity index (χ2n) is 14.0. The molecule has 300 valence electrons. The first-order valence-corrected chi connectivity index (χ1v) is 21.1. The van der Waals surface area contributed by atoms with Crippen molar-refractivity contribution in [3.63, 3.8) is 0 Å². The first-order chi connectivity index (χ1) is 29.4. The van der Waals surface area contributed by atoms with Crippen LogP contribution in [0.2, 0.25) is 0 Å². The van der Waals surface area contributed by atoms with Crippen LogP contribution in [0.5, 0.6) is 0 Å². The Morgan fingerprint density at radius 1 is 0.517 bits per heavy atom. The number of hydrogen-bond acceptors (Lipinski definition) is 13. The number of pyridine rings is 3. The van der Waals surface area contributed by atoms with E-state index < -0.39 is 0 Å². The molecule has 0 saturated carbocycles. The average Bonchev–Trinajstić information content (AvgIpc) is 3.96. The van der Waals surface area contributed by atoms with E-state index >= 15 is 0 Å². The fraction of sp³-hybridized carbons (Fsp3) is 0.186. The van der Waals surface area contributed by atoms with Gasteiger partial charge in [-0.15, -0.1) is 22.7 Å². The summed E-state index contributed by atoms with van der Waals surface area (Å²) in [6.07, 6.45) is 6.83. The van der Waals surface area contributed by atoms with Gasteiger partial charge in [-0.3, -0.25) is 34.1 Å². The average molecular weight is 836 g/mol. The van der Waals surface area contributed by atoms with Crippen LogP contribution in [-0.4, -0.2) is 109 Å². The summed E-state index contributed by atoms with van der Waals surface area (Å²) in [6.45, 7) is 5.48. The number of thiophene rings is 2. The third kappa shape index (κ3) is 7.87. The highest BCUT2D eigenvalue weighted by Gasteiger charge is 2.27. The number of carbonyl (C=O) groups excluding carboxylic acids is 2. The Morgan fingerprint density at radius 3 is 1.38 bits per heavy atom. The first kappa shape index (κ1) is 38.4. The van der Waals surface area contributed by atoms with E-state index in [-0.39, 0.29) is 22.9 Å². The number of nitrogens with zero attached hydrogens (tertiary/aromatic N) is 9. The Bertz CT molecular complexity index is 2690. The molecule has 2 saturated heterocycles. The molecule has 1 aromatic carbocycles. The molecule has 15 nitrogen and oxygen atoms in total. The van der Waals surface area contributed by atoms with E-state index in [0.29, 0.717) is 80.8 Å². The molecule has 0 aliphatic carbocycles. The summed E-state index contributed by atoms with van der Waals surface area (Å²) in [7, 11) is 0. The van der Waals surface area contributed by atoms with E-state index in [2.05, 4.69) is 56.8 Å². The van der Waals surface area contributed by atoms with Crippen LogP contribution in [0.25, 0.3) is 43.5 Å². The quantitative estimate of drug-likeness (QED) is 0.219. The van der Waals surface area contributed by atoms with E-state index in [9.17, 15) is 19.2 Å². The maximum absolute atomic E-state index is 13.2. The van der Waals surface area contributed by atoms with Crippen LogP contribution in [0, 0.1) is 0 Å². The first-order valence-electron chi connectivity index (χ1n) is 19.3. The van der Waals surface area contributed by atoms with Gasteiger partial charge in [0.15, 0.2) is 11.6 Å². The second kappa shape index (κ2) is 17.0. The van der Waals surface area contributed by atoms with Gasteiger partial charge in [0, 0.05) is 99.3 Å². The highest BCUT2D eigenvalue weighted by molar-refractivity contribution is 7.17. The number of para-hydroxylation sites is 1. The maximum atomic E-state index is 13.2. The van der Waals surface area contributed by atoms with E-state index in [4.69, 9.17) is 0 Å². The molecule has 17 heteroatoms. The van der Waals surface area contributed by atoms with Gasteiger partial charge in [0.2, 0.25) is 0 Å². The van der Waals surface area contributed by atoms with Gasteiger partial charge < -0.3 is 29.6 Å². The molecule has 10 rings (SSSR count). The SMILES string of the molecule is O=C(c1csc2c(=O)[nH]c(-c3ccccn3)nc12)N1CCN(c2ccccc2)CC1.O=C(c1csc2c(=O)[nH]c(-c3ccccn3)nc12)N1CCN(c2ccncc2)CC1. The molecule has 0 bridgehead atoms. The van der Waals surface area contributed by atoms with Crippen LogP contribution in [0.4, 0.5) is 11.4 Å². The predicted molar refractivity (Wildman–Crippen MR) is 234 cm³/mol. The summed E-state index contributed by atoms with van der Waals surface area (Å²) < 4.78 is 0.911. The number of benzene rings is 1. The Labute approximate surface area is 350 Å². The van der Waals surface area contributed by atoms with Crippen molar-refractivity contribution in [2.24, 2.45) is 0 Å². The summed E-state index contributed by atoms with van der Waals surface area (Å²) in [4.78, 5) is 86.9. The van der Waals surface area contributed by atoms with E-state index in [1.165, 1.54) is 28.4 Å². The number of aromatic nitrogens is 7. The summed E-state index contributed by atoms with van der Waals surface area (Å²) in [5.74, 6) is 0.553. The van der Waals surface area contributed by atoms with E-state index in [1.54, 1.807) is 59.8 Å². The third-order valence-corrected chi connectivity index (χ3v) is 12.3. The molecule has 2 fully saturated rings. The molecular formula is C43H37N11O4S2. The van der Waals surface area contributed by atoms with Crippen molar-refractivity contribution >= 4 is 66.3 Å². The van der Waals surface area contributed by atoms with Crippen molar-refractivity contribution < 1.29 is 9.59 Å². The zero-order chi connectivity index (χ0) is 41.0. The monoisotopic (exact) mass is 835 g/mol. The van der Waals surface area contributed by atoms with E-state index in [0.717, 1.165) is 31.9 Å². The van der Waals surface area contributed by atoms with Crippen LogP contribution in [0.1, 0.15) is 20.7 Å². The van der Waals surface area contributed by atoms with Crippen molar-refractivity contribution in [2.45, 2.75) is 0 Å². The van der Waals surface area contributed by atoms with Crippen molar-refractivity contribution in [3.05, 3.63) is 146 Å². The lowest BCUT2D eigenvalue weighted by Gasteiger charge is -2.36. The number of rotatable bonds is 6. The van der Waals surface area contributed by atoms with Gasteiger partial charge in [-0.05, 0) is 48.5 Å². The normalized spacial score (nSPS) is 14.3. The minimum atomic E-state index is -0.257. The van der Waals surface area contributed by atoms with Crippen molar-refractivity contribution in [2.75, 3.05) is 62.2 Å². The van der Waals surface area contributed by atoms with Gasteiger partial charge in [0.1, 0.15) is 31.8 Å². The molecule has 0 spiro atoms. The number of anilines is 2. The Kier molecular flexibility index (Phi) is 10.9. The summed E-state index contributed by atoms with van der Waals surface area (Å²) in [6, 6.07) is 25.0. The molecule has 7 aromatic heterocycles. The molecule has 2 aliphatic rings. The maximum Gasteiger partial charge on any atom is 0.269 e. The summed E-state index contributed by atoms with van der Waals surface area (Å²) in [5, 5.41) is 3.47. The zero-order valence-electron chi connectivity index (χ0n) is 32.1. The van der Waals surface area contributed by atoms with Gasteiger partial charge in [-0.25, -0.2) is 9.97 Å². The number of amides is 2. The van der Waals surface area contributed by atoms with Crippen LogP contribution < -0.4 is 20.9 Å². The smallest absolute Gasteiger partial charge is 0.269 e. The van der Waals surface area contributed by atoms with Crippen LogP contribution in [0.3, 0.4) is 0 Å². The number of piperazine rings is 2. The van der Waals surface area contributed by atoms with Crippen molar-refractivity contribution in [1.29, 1.82) is 0 Å². The predicted octanol–water partition coefficient (Wildman–Crippen LogP) is 5.41. The lowest BCUT2D eigenvalue weighted by molar-refractivity contribution is 0.0741.